The molecule has 2 amide bonds. The van der Waals surface area contributed by atoms with Gasteiger partial charge in [-0.15, -0.1) is 0 Å². The summed E-state index contributed by atoms with van der Waals surface area (Å²) in [5.41, 5.74) is 4.99. The molecule has 2 saturated heterocycles. The van der Waals surface area contributed by atoms with Crippen molar-refractivity contribution in [2.75, 3.05) is 26.3 Å². The lowest BCUT2D eigenvalue weighted by Gasteiger charge is -2.30. The van der Waals surface area contributed by atoms with E-state index in [1.54, 1.807) is 6.07 Å². The minimum atomic E-state index is -1.29. The van der Waals surface area contributed by atoms with E-state index in [1.807, 2.05) is 30.3 Å². The lowest BCUT2D eigenvalue weighted by atomic mass is 10.0. The summed E-state index contributed by atoms with van der Waals surface area (Å²) in [6.07, 6.45) is 1.12. The number of nitrogens with one attached hydrogen (secondary N) is 1. The van der Waals surface area contributed by atoms with Gasteiger partial charge in [-0.25, -0.2) is 4.79 Å². The van der Waals surface area contributed by atoms with E-state index in [9.17, 15) is 19.5 Å². The monoisotopic (exact) mass is 422 g/mol. The van der Waals surface area contributed by atoms with E-state index in [4.69, 9.17) is 9.47 Å². The number of hydrogen-bond donors (Lipinski definition) is 2. The fourth-order valence-corrected chi connectivity index (χ4v) is 4.77. The molecule has 2 aromatic carbocycles. The van der Waals surface area contributed by atoms with Gasteiger partial charge in [0.2, 0.25) is 11.7 Å². The van der Waals surface area contributed by atoms with E-state index >= 15 is 0 Å². The lowest BCUT2D eigenvalue weighted by Crippen LogP contribution is -2.54. The van der Waals surface area contributed by atoms with Crippen molar-refractivity contribution in [3.05, 3.63) is 59.2 Å². The van der Waals surface area contributed by atoms with E-state index in [1.165, 1.54) is 10.5 Å². The summed E-state index contributed by atoms with van der Waals surface area (Å²) >= 11 is 0. The van der Waals surface area contributed by atoms with Gasteiger partial charge in [0.15, 0.2) is 6.04 Å². The summed E-state index contributed by atoms with van der Waals surface area (Å²) < 4.78 is 11.1. The molecule has 2 heterocycles. The normalized spacial score (nSPS) is 20.5. The second-order valence-corrected chi connectivity index (χ2v) is 7.98. The van der Waals surface area contributed by atoms with Crippen molar-refractivity contribution in [1.82, 2.24) is 10.2 Å². The number of amides is 2. The van der Waals surface area contributed by atoms with Crippen molar-refractivity contribution in [2.24, 2.45) is 0 Å². The predicted octanol–water partition coefficient (Wildman–Crippen LogP) is 1.42. The maximum absolute atomic E-state index is 12.7. The summed E-state index contributed by atoms with van der Waals surface area (Å²) in [4.78, 5) is 38.4. The molecule has 0 bridgehead atoms. The number of carboxylic acid groups (broad SMARTS) is 1. The molecule has 1 spiro atoms. The molecule has 2 aromatic rings. The van der Waals surface area contributed by atoms with Gasteiger partial charge in [0.05, 0.1) is 19.8 Å². The van der Waals surface area contributed by atoms with E-state index in [2.05, 4.69) is 11.4 Å². The molecule has 0 radical (unpaired) electrons. The molecule has 0 saturated carbocycles. The fraction of sp³-hybridized carbons (Fsp3) is 0.348. The highest BCUT2D eigenvalue weighted by Crippen LogP contribution is 2.38. The van der Waals surface area contributed by atoms with Crippen LogP contribution in [0.15, 0.2) is 42.5 Å². The predicted molar refractivity (Wildman–Crippen MR) is 109 cm³/mol. The van der Waals surface area contributed by atoms with Crippen molar-refractivity contribution in [1.29, 1.82) is 0 Å². The summed E-state index contributed by atoms with van der Waals surface area (Å²) in [6.45, 7) is 0.488. The van der Waals surface area contributed by atoms with E-state index in [0.717, 1.165) is 23.1 Å². The smallest absolute Gasteiger partial charge is 0.332 e. The van der Waals surface area contributed by atoms with E-state index in [0.29, 0.717) is 18.8 Å². The number of hydrogen-bond acceptors (Lipinski definition) is 5. The van der Waals surface area contributed by atoms with Crippen molar-refractivity contribution in [2.45, 2.75) is 24.7 Å². The SMILES string of the molecule is O=C(NCC(=O)N1CCC2(OCCO2)[C@H]1C(=O)O)c1ccc2c(c1)-c1ccccc1C2. The molecule has 2 aliphatic heterocycles. The standard InChI is InChI=1S/C23H22N2O6/c26-19(25-8-7-23(20(25)22(28)29)30-9-10-31-23)13-24-21(27)16-6-5-15-11-14-3-1-2-4-17(14)18(15)12-16/h1-6,12,20H,7-11,13H2,(H,24,27)(H,28,29)/t20-/m1/s1. The molecule has 5 rings (SSSR count). The number of carboxylic acids is 1. The molecule has 3 aliphatic rings. The Morgan fingerprint density at radius 2 is 1.81 bits per heavy atom. The maximum Gasteiger partial charge on any atom is 0.332 e. The Morgan fingerprint density at radius 3 is 2.58 bits per heavy atom. The van der Waals surface area contributed by atoms with Crippen LogP contribution in [-0.4, -0.2) is 65.9 Å². The molecule has 31 heavy (non-hydrogen) atoms. The third-order valence-electron chi connectivity index (χ3n) is 6.22. The Morgan fingerprint density at radius 1 is 1.06 bits per heavy atom. The Bertz CT molecular complexity index is 1080. The number of aliphatic carboxylic acids is 1. The number of likely N-dealkylation sites (tertiary alicyclic amines) is 1. The largest absolute Gasteiger partial charge is 0.480 e. The quantitative estimate of drug-likeness (QED) is 0.659. The first-order valence-corrected chi connectivity index (χ1v) is 10.3. The van der Waals surface area contributed by atoms with Crippen LogP contribution in [0.2, 0.25) is 0 Å². The van der Waals surface area contributed by atoms with Crippen molar-refractivity contribution < 1.29 is 29.0 Å². The van der Waals surface area contributed by atoms with Crippen LogP contribution in [0.4, 0.5) is 0 Å². The Labute approximate surface area is 178 Å². The van der Waals surface area contributed by atoms with Crippen molar-refractivity contribution in [3.8, 4) is 11.1 Å². The van der Waals surface area contributed by atoms with Gasteiger partial charge in [-0.05, 0) is 40.8 Å². The zero-order chi connectivity index (χ0) is 21.6. The number of ether oxygens (including phenoxy) is 2. The molecule has 2 N–H and O–H groups in total. The van der Waals surface area contributed by atoms with Crippen LogP contribution < -0.4 is 5.32 Å². The fourth-order valence-electron chi connectivity index (χ4n) is 4.77. The minimum Gasteiger partial charge on any atom is -0.480 e. The van der Waals surface area contributed by atoms with Gasteiger partial charge in [0.1, 0.15) is 0 Å². The summed E-state index contributed by atoms with van der Waals surface area (Å²) in [7, 11) is 0. The Hall–Kier alpha value is -3.23. The molecule has 160 valence electrons. The van der Waals surface area contributed by atoms with E-state index in [-0.39, 0.29) is 25.4 Å². The van der Waals surface area contributed by atoms with Crippen molar-refractivity contribution in [3.63, 3.8) is 0 Å². The van der Waals surface area contributed by atoms with Gasteiger partial charge in [-0.3, -0.25) is 9.59 Å². The number of carbonyl (C=O) groups excluding carboxylic acids is 2. The van der Waals surface area contributed by atoms with Crippen LogP contribution in [0, 0.1) is 0 Å². The molecular formula is C23H22N2O6. The first kappa shape index (κ1) is 19.7. The van der Waals surface area contributed by atoms with Gasteiger partial charge in [0.25, 0.3) is 5.91 Å². The van der Waals surface area contributed by atoms with Gasteiger partial charge in [-0.1, -0.05) is 30.3 Å². The summed E-state index contributed by atoms with van der Waals surface area (Å²) in [5.74, 6) is -3.34. The number of fused-ring (bicyclic) bond motifs is 3. The summed E-state index contributed by atoms with van der Waals surface area (Å²) in [5, 5.41) is 12.3. The number of rotatable bonds is 4. The second kappa shape index (κ2) is 7.47. The third kappa shape index (κ3) is 3.28. The first-order valence-electron chi connectivity index (χ1n) is 10.3. The molecule has 0 unspecified atom stereocenters. The highest BCUT2D eigenvalue weighted by Gasteiger charge is 2.57. The Kier molecular flexibility index (Phi) is 4.75. The van der Waals surface area contributed by atoms with Gasteiger partial charge in [0, 0.05) is 18.5 Å². The van der Waals surface area contributed by atoms with Gasteiger partial charge >= 0.3 is 5.97 Å². The molecule has 0 aromatic heterocycles. The van der Waals surface area contributed by atoms with Crippen molar-refractivity contribution >= 4 is 17.8 Å². The topological polar surface area (TPSA) is 105 Å². The molecular weight excluding hydrogens is 400 g/mol. The molecule has 2 fully saturated rings. The van der Waals surface area contributed by atoms with Crippen LogP contribution in [0.1, 0.15) is 27.9 Å². The zero-order valence-corrected chi connectivity index (χ0v) is 16.8. The average molecular weight is 422 g/mol. The maximum atomic E-state index is 12.7. The molecule has 1 aliphatic carbocycles. The van der Waals surface area contributed by atoms with Gasteiger partial charge < -0.3 is 24.8 Å². The lowest BCUT2D eigenvalue weighted by molar-refractivity contribution is -0.191. The first-order chi connectivity index (χ1) is 15.0. The Balaban J connectivity index is 1.27. The highest BCUT2D eigenvalue weighted by atomic mass is 16.7. The van der Waals surface area contributed by atoms with Crippen LogP contribution >= 0.6 is 0 Å². The average Bonchev–Trinajstić information content (AvgIpc) is 3.49. The summed E-state index contributed by atoms with van der Waals surface area (Å²) in [6, 6.07) is 12.4. The van der Waals surface area contributed by atoms with Crippen LogP contribution in [0.3, 0.4) is 0 Å². The zero-order valence-electron chi connectivity index (χ0n) is 16.8. The van der Waals surface area contributed by atoms with Crippen LogP contribution in [0.25, 0.3) is 11.1 Å². The molecule has 8 heteroatoms. The van der Waals surface area contributed by atoms with Crippen LogP contribution in [-0.2, 0) is 25.5 Å². The van der Waals surface area contributed by atoms with Crippen LogP contribution in [0.5, 0.6) is 0 Å². The van der Waals surface area contributed by atoms with Gasteiger partial charge in [-0.2, -0.15) is 0 Å². The number of benzene rings is 2. The molecule has 8 nitrogen and oxygen atoms in total. The minimum absolute atomic E-state index is 0.196. The second-order valence-electron chi connectivity index (χ2n) is 7.98. The van der Waals surface area contributed by atoms with E-state index < -0.39 is 23.7 Å². The molecule has 1 atom stereocenters. The third-order valence-corrected chi connectivity index (χ3v) is 6.22. The highest BCUT2D eigenvalue weighted by molar-refractivity contribution is 5.98. The number of carbonyl (C=O) groups is 3. The number of nitrogens with zero attached hydrogens (tertiary/aromatic N) is 1.